The molecule has 0 spiro atoms. The Balaban J connectivity index is 2.26. The molecule has 0 radical (unpaired) electrons. The number of amides is 2. The van der Waals surface area contributed by atoms with E-state index in [1.807, 2.05) is 13.8 Å². The highest BCUT2D eigenvalue weighted by Gasteiger charge is 2.17. The zero-order chi connectivity index (χ0) is 19.3. The molecule has 2 heterocycles. The summed E-state index contributed by atoms with van der Waals surface area (Å²) < 4.78 is 1.67. The first kappa shape index (κ1) is 20.4. The van der Waals surface area contributed by atoms with Gasteiger partial charge in [-0.15, -0.1) is 11.3 Å². The van der Waals surface area contributed by atoms with Crippen LogP contribution in [0.3, 0.4) is 0 Å². The molecule has 7 nitrogen and oxygen atoms in total. The zero-order valence-corrected chi connectivity index (χ0v) is 17.1. The first-order valence-electron chi connectivity index (χ1n) is 8.49. The number of carbonyl (C=O) groups is 2. The molecule has 142 valence electrons. The van der Waals surface area contributed by atoms with E-state index < -0.39 is 0 Å². The minimum absolute atomic E-state index is 0.0430. The van der Waals surface area contributed by atoms with E-state index in [0.29, 0.717) is 21.9 Å². The summed E-state index contributed by atoms with van der Waals surface area (Å²) in [5, 5.41) is 6.22. The van der Waals surface area contributed by atoms with Gasteiger partial charge in [0.05, 0.1) is 17.7 Å². The van der Waals surface area contributed by atoms with E-state index in [0.717, 1.165) is 23.3 Å². The Labute approximate surface area is 160 Å². The van der Waals surface area contributed by atoms with E-state index in [1.54, 1.807) is 4.57 Å². The van der Waals surface area contributed by atoms with Crippen LogP contribution in [0.1, 0.15) is 30.2 Å². The van der Waals surface area contributed by atoms with Gasteiger partial charge in [-0.25, -0.2) is 4.98 Å². The van der Waals surface area contributed by atoms with Crippen molar-refractivity contribution in [2.45, 2.75) is 45.3 Å². The smallest absolute Gasteiger partial charge is 0.263 e. The van der Waals surface area contributed by atoms with Gasteiger partial charge < -0.3 is 10.6 Å². The Morgan fingerprint density at radius 2 is 2.00 bits per heavy atom. The van der Waals surface area contributed by atoms with Gasteiger partial charge in [-0.3, -0.25) is 19.0 Å². The lowest BCUT2D eigenvalue weighted by molar-refractivity contribution is -0.124. The number of thiophene rings is 1. The number of hydrogen-bond donors (Lipinski definition) is 2. The first-order valence-corrected chi connectivity index (χ1v) is 10.3. The van der Waals surface area contributed by atoms with E-state index in [2.05, 4.69) is 22.5 Å². The Hall–Kier alpha value is -1.87. The summed E-state index contributed by atoms with van der Waals surface area (Å²) in [5.41, 5.74) is 0.936. The fraction of sp³-hybridized carbons (Fsp3) is 0.529. The third kappa shape index (κ3) is 4.64. The number of aryl methyl sites for hydroxylation is 2. The molecule has 0 bridgehead atoms. The van der Waals surface area contributed by atoms with E-state index in [1.165, 1.54) is 30.1 Å². The van der Waals surface area contributed by atoms with Crippen molar-refractivity contribution < 1.29 is 9.59 Å². The monoisotopic (exact) mass is 396 g/mol. The summed E-state index contributed by atoms with van der Waals surface area (Å²) in [6.45, 7) is 6.51. The molecular formula is C17H24N4O3S2. The maximum absolute atomic E-state index is 13.0. The number of carbonyl (C=O) groups excluding carboxylic acids is 2. The topological polar surface area (TPSA) is 93.1 Å². The molecule has 2 rings (SSSR count). The van der Waals surface area contributed by atoms with Crippen LogP contribution in [-0.4, -0.2) is 40.7 Å². The maximum atomic E-state index is 13.0. The van der Waals surface area contributed by atoms with Crippen LogP contribution in [0.15, 0.2) is 9.95 Å². The van der Waals surface area contributed by atoms with Crippen LogP contribution in [-0.2, 0) is 16.1 Å². The lowest BCUT2D eigenvalue weighted by Gasteiger charge is -2.11. The van der Waals surface area contributed by atoms with Crippen molar-refractivity contribution in [3.63, 3.8) is 0 Å². The van der Waals surface area contributed by atoms with Crippen LogP contribution in [0.2, 0.25) is 0 Å². The number of thioether (sulfide) groups is 1. The van der Waals surface area contributed by atoms with E-state index in [-0.39, 0.29) is 29.7 Å². The number of fused-ring (bicyclic) bond motifs is 1. The molecule has 2 aromatic rings. The third-order valence-corrected chi connectivity index (χ3v) is 6.12. The number of rotatable bonds is 8. The van der Waals surface area contributed by atoms with Crippen molar-refractivity contribution in [2.75, 3.05) is 19.3 Å². The summed E-state index contributed by atoms with van der Waals surface area (Å²) in [6.07, 6.45) is 1.83. The first-order chi connectivity index (χ1) is 12.4. The molecule has 0 atom stereocenters. The molecule has 0 saturated carbocycles. The summed E-state index contributed by atoms with van der Waals surface area (Å²) in [7, 11) is 1.51. The van der Waals surface area contributed by atoms with E-state index in [9.17, 15) is 14.4 Å². The number of aromatic nitrogens is 2. The van der Waals surface area contributed by atoms with Crippen LogP contribution in [0.25, 0.3) is 10.2 Å². The van der Waals surface area contributed by atoms with Gasteiger partial charge in [-0.1, -0.05) is 25.1 Å². The quantitative estimate of drug-likeness (QED) is 0.524. The molecule has 0 aliphatic heterocycles. The van der Waals surface area contributed by atoms with Crippen LogP contribution in [0, 0.1) is 13.8 Å². The van der Waals surface area contributed by atoms with Gasteiger partial charge in [0.15, 0.2) is 5.16 Å². The molecule has 0 saturated heterocycles. The Morgan fingerprint density at radius 3 is 2.65 bits per heavy atom. The molecule has 0 aliphatic carbocycles. The summed E-state index contributed by atoms with van der Waals surface area (Å²) >= 11 is 2.72. The fourth-order valence-corrected chi connectivity index (χ4v) is 4.31. The molecule has 2 amide bonds. The molecule has 0 aromatic carbocycles. The van der Waals surface area contributed by atoms with Gasteiger partial charge in [-0.2, -0.15) is 0 Å². The van der Waals surface area contributed by atoms with Crippen molar-refractivity contribution >= 4 is 45.1 Å². The van der Waals surface area contributed by atoms with Gasteiger partial charge in [0, 0.05) is 18.5 Å². The average molecular weight is 397 g/mol. The fourth-order valence-electron chi connectivity index (χ4n) is 2.38. The van der Waals surface area contributed by atoms with Gasteiger partial charge in [0.2, 0.25) is 11.8 Å². The highest BCUT2D eigenvalue weighted by Crippen LogP contribution is 2.28. The van der Waals surface area contributed by atoms with E-state index in [4.69, 9.17) is 0 Å². The lowest BCUT2D eigenvalue weighted by atomic mass is 10.2. The van der Waals surface area contributed by atoms with E-state index >= 15 is 0 Å². The van der Waals surface area contributed by atoms with Crippen LogP contribution < -0.4 is 16.2 Å². The minimum atomic E-state index is -0.270. The molecule has 0 fully saturated rings. The highest BCUT2D eigenvalue weighted by atomic mass is 32.2. The molecule has 2 N–H and O–H groups in total. The lowest BCUT2D eigenvalue weighted by Crippen LogP contribution is -2.36. The second-order valence-electron chi connectivity index (χ2n) is 5.91. The Kier molecular flexibility index (Phi) is 7.22. The van der Waals surface area contributed by atoms with Gasteiger partial charge in [0.25, 0.3) is 5.56 Å². The molecule has 9 heteroatoms. The van der Waals surface area contributed by atoms with Gasteiger partial charge in [0.1, 0.15) is 4.83 Å². The molecule has 2 aromatic heterocycles. The maximum Gasteiger partial charge on any atom is 0.263 e. The molecular weight excluding hydrogens is 372 g/mol. The molecule has 0 aliphatic rings. The standard InChI is InChI=1S/C17H24N4O3S2/c1-5-6-7-21-16(24)14-10(2)11(3)26-15(14)20-17(21)25-9-13(23)19-8-12(22)18-4/h5-9H2,1-4H3,(H,18,22)(H,19,23). The number of nitrogens with one attached hydrogen (secondary N) is 2. The van der Waals surface area contributed by atoms with Crippen LogP contribution in [0.5, 0.6) is 0 Å². The van der Waals surface area contributed by atoms with Crippen molar-refractivity contribution in [1.29, 1.82) is 0 Å². The summed E-state index contributed by atoms with van der Waals surface area (Å²) in [4.78, 5) is 42.5. The highest BCUT2D eigenvalue weighted by molar-refractivity contribution is 7.99. The SMILES string of the molecule is CCCCn1c(SCC(=O)NCC(=O)NC)nc2sc(C)c(C)c2c1=O. The number of hydrogen-bond acceptors (Lipinski definition) is 6. The summed E-state index contributed by atoms with van der Waals surface area (Å²) in [6, 6.07) is 0. The van der Waals surface area contributed by atoms with Gasteiger partial charge >= 0.3 is 0 Å². The average Bonchev–Trinajstić information content (AvgIpc) is 2.91. The molecule has 26 heavy (non-hydrogen) atoms. The second-order valence-corrected chi connectivity index (χ2v) is 8.05. The number of unbranched alkanes of at least 4 members (excludes halogenated alkanes) is 1. The van der Waals surface area contributed by atoms with Crippen LogP contribution in [0.4, 0.5) is 0 Å². The predicted octanol–water partition coefficient (Wildman–Crippen LogP) is 1.83. The molecule has 0 unspecified atom stereocenters. The van der Waals surface area contributed by atoms with Crippen molar-refractivity contribution in [3.05, 3.63) is 20.8 Å². The van der Waals surface area contributed by atoms with Crippen molar-refractivity contribution in [2.24, 2.45) is 0 Å². The third-order valence-electron chi connectivity index (χ3n) is 4.05. The van der Waals surface area contributed by atoms with Crippen LogP contribution >= 0.6 is 23.1 Å². The minimum Gasteiger partial charge on any atom is -0.358 e. The van der Waals surface area contributed by atoms with Crippen molar-refractivity contribution in [1.82, 2.24) is 20.2 Å². The summed E-state index contributed by atoms with van der Waals surface area (Å²) in [5.74, 6) is -0.425. The zero-order valence-electron chi connectivity index (χ0n) is 15.5. The normalized spacial score (nSPS) is 10.9. The number of likely N-dealkylation sites (N-methyl/N-ethyl adjacent to an activating group) is 1. The predicted molar refractivity (Wildman–Crippen MR) is 106 cm³/mol. The second kappa shape index (κ2) is 9.18. The van der Waals surface area contributed by atoms with Crippen molar-refractivity contribution in [3.8, 4) is 0 Å². The number of nitrogens with zero attached hydrogens (tertiary/aromatic N) is 2. The Bertz CT molecular complexity index is 873. The largest absolute Gasteiger partial charge is 0.358 e. The van der Waals surface area contributed by atoms with Gasteiger partial charge in [-0.05, 0) is 25.8 Å². The Morgan fingerprint density at radius 1 is 1.27 bits per heavy atom.